The summed E-state index contributed by atoms with van der Waals surface area (Å²) in [5.41, 5.74) is 0.255. The maximum atomic E-state index is 12.3. The minimum atomic E-state index is -4.36. The number of ether oxygens (including phenoxy) is 1. The van der Waals surface area contributed by atoms with E-state index in [1.807, 2.05) is 45.2 Å². The van der Waals surface area contributed by atoms with Crippen LogP contribution in [0.1, 0.15) is 10.4 Å². The molecular formula is C13H6I4O6S. The van der Waals surface area contributed by atoms with E-state index in [1.54, 1.807) is 45.2 Å². The maximum absolute atomic E-state index is 12.3. The molecule has 11 heteroatoms. The number of phenols is 1. The Morgan fingerprint density at radius 3 is 1.79 bits per heavy atom. The first-order chi connectivity index (χ1) is 11.0. The minimum Gasteiger partial charge on any atom is -0.506 e. The zero-order valence-corrected chi connectivity index (χ0v) is 20.7. The molecule has 0 bridgehead atoms. The maximum Gasteiger partial charge on any atom is 0.343 e. The number of hydrogen-bond donors (Lipinski definition) is 2. The quantitative estimate of drug-likeness (QED) is 0.209. The molecular weight excluding hydrogens is 792 g/mol. The highest BCUT2D eigenvalue weighted by Gasteiger charge is 2.21. The van der Waals surface area contributed by atoms with E-state index in [4.69, 9.17) is 4.74 Å². The van der Waals surface area contributed by atoms with E-state index < -0.39 is 16.1 Å². The van der Waals surface area contributed by atoms with Crippen molar-refractivity contribution in [3.8, 4) is 11.5 Å². The monoisotopic (exact) mass is 798 g/mol. The standard InChI is InChI=1S/C13H6I4O6S/c14-7-1-5(2-8(15)11(7)18)13(19)23-6-3-9(16)12(10(17)4-6)24(20,21)22/h1-4,18H,(H,20,21,22). The average molecular weight is 798 g/mol. The van der Waals surface area contributed by atoms with Gasteiger partial charge in [-0.05, 0) is 115 Å². The van der Waals surface area contributed by atoms with E-state index in [1.165, 1.54) is 24.3 Å². The Balaban J connectivity index is 2.37. The third-order valence-corrected chi connectivity index (χ3v) is 7.73. The third-order valence-electron chi connectivity index (χ3n) is 2.69. The zero-order valence-electron chi connectivity index (χ0n) is 11.3. The molecule has 2 aromatic carbocycles. The van der Waals surface area contributed by atoms with Crippen molar-refractivity contribution in [2.24, 2.45) is 0 Å². The molecule has 0 fully saturated rings. The van der Waals surface area contributed by atoms with Crippen molar-refractivity contribution in [2.45, 2.75) is 4.90 Å². The van der Waals surface area contributed by atoms with Gasteiger partial charge in [-0.25, -0.2) is 4.79 Å². The summed E-state index contributed by atoms with van der Waals surface area (Å²) < 4.78 is 38.7. The molecule has 0 spiro atoms. The molecule has 0 aromatic heterocycles. The van der Waals surface area contributed by atoms with Gasteiger partial charge in [-0.3, -0.25) is 4.55 Å². The topological polar surface area (TPSA) is 101 Å². The van der Waals surface area contributed by atoms with Crippen LogP contribution in [0.4, 0.5) is 0 Å². The highest BCUT2D eigenvalue weighted by atomic mass is 127. The van der Waals surface area contributed by atoms with Crippen LogP contribution in [0.25, 0.3) is 0 Å². The van der Waals surface area contributed by atoms with E-state index in [9.17, 15) is 22.9 Å². The van der Waals surface area contributed by atoms with Crippen molar-refractivity contribution in [1.82, 2.24) is 0 Å². The molecule has 24 heavy (non-hydrogen) atoms. The molecule has 2 N–H and O–H groups in total. The van der Waals surface area contributed by atoms with Crippen LogP contribution in [-0.2, 0) is 10.1 Å². The van der Waals surface area contributed by atoms with Gasteiger partial charge in [-0.15, -0.1) is 0 Å². The van der Waals surface area contributed by atoms with Crippen LogP contribution < -0.4 is 4.74 Å². The Morgan fingerprint density at radius 2 is 1.38 bits per heavy atom. The summed E-state index contributed by atoms with van der Waals surface area (Å²) in [6.07, 6.45) is 0. The second-order valence-corrected chi connectivity index (χ2v) is 10.4. The van der Waals surface area contributed by atoms with Gasteiger partial charge >= 0.3 is 5.97 Å². The number of phenolic OH excluding ortho intramolecular Hbond substituents is 1. The molecule has 0 aliphatic heterocycles. The van der Waals surface area contributed by atoms with Crippen LogP contribution in [0.5, 0.6) is 11.5 Å². The molecule has 0 saturated carbocycles. The van der Waals surface area contributed by atoms with Gasteiger partial charge in [0.25, 0.3) is 10.1 Å². The van der Waals surface area contributed by atoms with Crippen LogP contribution in [0.15, 0.2) is 29.2 Å². The molecule has 2 aromatic rings. The lowest BCUT2D eigenvalue weighted by Gasteiger charge is -2.10. The molecule has 6 nitrogen and oxygen atoms in total. The highest BCUT2D eigenvalue weighted by Crippen LogP contribution is 2.31. The number of halogens is 4. The lowest BCUT2D eigenvalue weighted by atomic mass is 10.2. The van der Waals surface area contributed by atoms with E-state index in [0.717, 1.165) is 0 Å². The number of benzene rings is 2. The van der Waals surface area contributed by atoms with Crippen LogP contribution in [0.2, 0.25) is 0 Å². The molecule has 128 valence electrons. The SMILES string of the molecule is O=C(Oc1cc(I)c(S(=O)(=O)O)c(I)c1)c1cc(I)c(O)c(I)c1. The Labute approximate surface area is 192 Å². The molecule has 0 amide bonds. The zero-order chi connectivity index (χ0) is 18.2. The minimum absolute atomic E-state index is 0.0920. The highest BCUT2D eigenvalue weighted by molar-refractivity contribution is 14.1. The number of aromatic hydroxyl groups is 1. The van der Waals surface area contributed by atoms with Gasteiger partial charge in [-0.2, -0.15) is 8.42 Å². The second kappa shape index (κ2) is 8.05. The summed E-state index contributed by atoms with van der Waals surface area (Å²) in [5.74, 6) is -0.398. The van der Waals surface area contributed by atoms with Crippen molar-refractivity contribution >= 4 is 106 Å². The summed E-state index contributed by atoms with van der Waals surface area (Å²) in [6.45, 7) is 0. The van der Waals surface area contributed by atoms with Gasteiger partial charge in [-0.1, -0.05) is 0 Å². The van der Waals surface area contributed by atoms with Crippen LogP contribution in [0, 0.1) is 14.3 Å². The van der Waals surface area contributed by atoms with Gasteiger partial charge in [0.05, 0.1) is 12.7 Å². The van der Waals surface area contributed by atoms with Gasteiger partial charge in [0.1, 0.15) is 16.4 Å². The Morgan fingerprint density at radius 1 is 0.917 bits per heavy atom. The summed E-state index contributed by atoms with van der Waals surface area (Å²) in [5, 5.41) is 9.73. The third kappa shape index (κ3) is 4.83. The van der Waals surface area contributed by atoms with Crippen LogP contribution >= 0.6 is 90.4 Å². The Bertz CT molecular complexity index is 895. The first-order valence-corrected chi connectivity index (χ1v) is 11.6. The lowest BCUT2D eigenvalue weighted by Crippen LogP contribution is -2.11. The number of carbonyl (C=O) groups is 1. The fourth-order valence-corrected chi connectivity index (χ4v) is 7.45. The Kier molecular flexibility index (Phi) is 6.99. The fraction of sp³-hybridized carbons (Fsp3) is 0. The smallest absolute Gasteiger partial charge is 0.343 e. The number of rotatable bonds is 3. The van der Waals surface area contributed by atoms with E-state index in [0.29, 0.717) is 7.14 Å². The molecule has 0 aliphatic rings. The Hall–Kier alpha value is 0.540. The first-order valence-electron chi connectivity index (χ1n) is 5.87. The van der Waals surface area contributed by atoms with Crippen molar-refractivity contribution in [3.05, 3.63) is 44.1 Å². The van der Waals surface area contributed by atoms with Crippen LogP contribution in [0.3, 0.4) is 0 Å². The van der Waals surface area contributed by atoms with Gasteiger partial charge < -0.3 is 9.84 Å². The number of esters is 1. The molecule has 0 atom stereocenters. The fourth-order valence-electron chi connectivity index (χ4n) is 1.69. The van der Waals surface area contributed by atoms with Crippen LogP contribution in [-0.4, -0.2) is 24.0 Å². The molecule has 0 aliphatic carbocycles. The van der Waals surface area contributed by atoms with Gasteiger partial charge in [0.15, 0.2) is 0 Å². The van der Waals surface area contributed by atoms with Gasteiger partial charge in [0, 0.05) is 7.14 Å². The van der Waals surface area contributed by atoms with Crippen molar-refractivity contribution in [3.63, 3.8) is 0 Å². The predicted octanol–water partition coefficient (Wildman–Crippen LogP) is 4.28. The first kappa shape index (κ1) is 20.8. The number of hydrogen-bond acceptors (Lipinski definition) is 5. The van der Waals surface area contributed by atoms with E-state index in [2.05, 4.69) is 0 Å². The molecule has 2 rings (SSSR count). The largest absolute Gasteiger partial charge is 0.506 e. The van der Waals surface area contributed by atoms with Crippen molar-refractivity contribution in [1.29, 1.82) is 0 Å². The second-order valence-electron chi connectivity index (χ2n) is 4.37. The summed E-state index contributed by atoms with van der Waals surface area (Å²) in [6, 6.07) is 5.67. The molecule has 0 radical (unpaired) electrons. The predicted molar refractivity (Wildman–Crippen MR) is 120 cm³/mol. The van der Waals surface area contributed by atoms with E-state index >= 15 is 0 Å². The number of carbonyl (C=O) groups excluding carboxylic acids is 1. The molecule has 0 unspecified atom stereocenters. The van der Waals surface area contributed by atoms with Gasteiger partial charge in [0.2, 0.25) is 0 Å². The summed E-state index contributed by atoms with van der Waals surface area (Å²) >= 11 is 7.29. The van der Waals surface area contributed by atoms with Crippen molar-refractivity contribution in [2.75, 3.05) is 0 Å². The normalized spacial score (nSPS) is 11.4. The summed E-state index contributed by atoms with van der Waals surface area (Å²) in [7, 11) is -4.36. The van der Waals surface area contributed by atoms with E-state index in [-0.39, 0.29) is 29.1 Å². The molecule has 0 saturated heterocycles. The summed E-state index contributed by atoms with van der Waals surface area (Å²) in [4.78, 5) is 12.0. The lowest BCUT2D eigenvalue weighted by molar-refractivity contribution is 0.0734. The van der Waals surface area contributed by atoms with Crippen molar-refractivity contribution < 1.29 is 27.6 Å². The molecule has 0 heterocycles. The average Bonchev–Trinajstić information content (AvgIpc) is 2.41.